The summed E-state index contributed by atoms with van der Waals surface area (Å²) in [7, 11) is 0. The summed E-state index contributed by atoms with van der Waals surface area (Å²) in [6, 6.07) is 8.05. The van der Waals surface area contributed by atoms with Crippen LogP contribution in [0.15, 0.2) is 24.3 Å². The van der Waals surface area contributed by atoms with E-state index in [2.05, 4.69) is 21.9 Å². The van der Waals surface area contributed by atoms with Crippen LogP contribution in [0, 0.1) is 17.8 Å². The first-order valence-electron chi connectivity index (χ1n) is 10.9. The van der Waals surface area contributed by atoms with Gasteiger partial charge in [-0.3, -0.25) is 9.69 Å². The molecule has 0 radical (unpaired) electrons. The second-order valence-electron chi connectivity index (χ2n) is 9.64. The number of amides is 1. The molecule has 4 bridgehead atoms. The Balaban J connectivity index is 1.40. The molecule has 5 fully saturated rings. The molecular formula is C23H31ClN2O2. The van der Waals surface area contributed by atoms with Crippen molar-refractivity contribution in [2.75, 3.05) is 32.8 Å². The molecule has 6 rings (SSSR count). The second-order valence-corrected chi connectivity index (χ2v) is 10.1. The van der Waals surface area contributed by atoms with Gasteiger partial charge in [0.15, 0.2) is 0 Å². The lowest BCUT2D eigenvalue weighted by Crippen LogP contribution is -2.62. The van der Waals surface area contributed by atoms with Crippen LogP contribution in [0.3, 0.4) is 0 Å². The molecule has 0 spiro atoms. The minimum Gasteiger partial charge on any atom is -0.379 e. The lowest BCUT2D eigenvalue weighted by Gasteiger charge is -2.60. The van der Waals surface area contributed by atoms with Crippen molar-refractivity contribution in [3.8, 4) is 0 Å². The van der Waals surface area contributed by atoms with Gasteiger partial charge in [0, 0.05) is 30.2 Å². The zero-order chi connectivity index (χ0) is 19.1. The van der Waals surface area contributed by atoms with Crippen molar-refractivity contribution in [1.29, 1.82) is 0 Å². The van der Waals surface area contributed by atoms with E-state index in [0.717, 1.165) is 49.1 Å². The fourth-order valence-corrected chi connectivity index (χ4v) is 6.85. The van der Waals surface area contributed by atoms with Gasteiger partial charge in [-0.15, -0.1) is 0 Å². The van der Waals surface area contributed by atoms with Gasteiger partial charge in [0.05, 0.1) is 19.8 Å². The molecular weight excluding hydrogens is 372 g/mol. The smallest absolute Gasteiger partial charge is 0.237 e. The number of carbonyl (C=O) groups is 1. The molecule has 1 saturated heterocycles. The van der Waals surface area contributed by atoms with Gasteiger partial charge in [0.1, 0.15) is 0 Å². The minimum atomic E-state index is 0.0811. The highest BCUT2D eigenvalue weighted by Gasteiger charge is 2.54. The molecule has 1 heterocycles. The number of ether oxygens (including phenoxy) is 1. The van der Waals surface area contributed by atoms with E-state index < -0.39 is 0 Å². The average molecular weight is 403 g/mol. The maximum absolute atomic E-state index is 13.6. The molecule has 4 nitrogen and oxygen atoms in total. The van der Waals surface area contributed by atoms with Gasteiger partial charge >= 0.3 is 0 Å². The van der Waals surface area contributed by atoms with Crippen molar-refractivity contribution in [3.05, 3.63) is 34.9 Å². The molecule has 1 aromatic rings. The Morgan fingerprint density at radius 1 is 1.04 bits per heavy atom. The largest absolute Gasteiger partial charge is 0.379 e. The summed E-state index contributed by atoms with van der Waals surface area (Å²) >= 11 is 6.10. The second kappa shape index (κ2) is 7.62. The zero-order valence-corrected chi connectivity index (χ0v) is 17.4. The fraction of sp³-hybridized carbons (Fsp3) is 0.696. The normalized spacial score (nSPS) is 34.5. The van der Waals surface area contributed by atoms with Gasteiger partial charge < -0.3 is 9.64 Å². The number of carbonyl (C=O) groups excluding carboxylic acids is 1. The van der Waals surface area contributed by atoms with E-state index in [9.17, 15) is 4.79 Å². The van der Waals surface area contributed by atoms with Crippen LogP contribution in [0.25, 0.3) is 0 Å². The van der Waals surface area contributed by atoms with Crippen LogP contribution < -0.4 is 0 Å². The van der Waals surface area contributed by atoms with Crippen molar-refractivity contribution in [1.82, 2.24) is 9.80 Å². The van der Waals surface area contributed by atoms with Crippen LogP contribution in [0.5, 0.6) is 0 Å². The van der Waals surface area contributed by atoms with E-state index in [1.54, 1.807) is 0 Å². The van der Waals surface area contributed by atoms with Crippen LogP contribution in [0.2, 0.25) is 5.02 Å². The molecule has 1 aliphatic heterocycles. The molecule has 1 aromatic carbocycles. The molecule has 152 valence electrons. The highest BCUT2D eigenvalue weighted by Crippen LogP contribution is 2.58. The number of hydrogen-bond acceptors (Lipinski definition) is 3. The van der Waals surface area contributed by atoms with Crippen molar-refractivity contribution in [2.45, 2.75) is 50.6 Å². The lowest BCUT2D eigenvalue weighted by atomic mass is 9.52. The molecule has 28 heavy (non-hydrogen) atoms. The maximum Gasteiger partial charge on any atom is 0.237 e. The number of halogens is 1. The van der Waals surface area contributed by atoms with Crippen LogP contribution in [-0.2, 0) is 16.1 Å². The molecule has 0 atom stereocenters. The topological polar surface area (TPSA) is 32.8 Å². The molecule has 4 saturated carbocycles. The Hall–Kier alpha value is -1.10. The number of morpholine rings is 1. The third-order valence-electron chi connectivity index (χ3n) is 7.60. The molecule has 4 aliphatic carbocycles. The van der Waals surface area contributed by atoms with Crippen molar-refractivity contribution >= 4 is 17.5 Å². The number of nitrogens with zero attached hydrogens (tertiary/aromatic N) is 2. The van der Waals surface area contributed by atoms with Gasteiger partial charge in [-0.1, -0.05) is 23.7 Å². The van der Waals surface area contributed by atoms with Crippen LogP contribution in [-0.4, -0.2) is 54.1 Å². The fourth-order valence-electron chi connectivity index (χ4n) is 6.72. The van der Waals surface area contributed by atoms with Crippen molar-refractivity contribution in [2.24, 2.45) is 17.8 Å². The van der Waals surface area contributed by atoms with E-state index in [1.807, 2.05) is 12.1 Å². The first-order valence-corrected chi connectivity index (χ1v) is 11.3. The maximum atomic E-state index is 13.6. The summed E-state index contributed by atoms with van der Waals surface area (Å²) in [6.45, 7) is 4.44. The first-order chi connectivity index (χ1) is 13.6. The van der Waals surface area contributed by atoms with Crippen LogP contribution in [0.1, 0.15) is 44.1 Å². The summed E-state index contributed by atoms with van der Waals surface area (Å²) < 4.78 is 5.47. The Morgan fingerprint density at radius 2 is 1.61 bits per heavy atom. The standard InChI is InChI=1S/C23H31ClN2O2/c24-21-3-1-17(2-4-21)15-26(22(27)16-25-5-7-28-8-6-25)23-12-18-9-19(13-23)11-20(10-18)14-23/h1-4,18-20H,5-16H2. The van der Waals surface area contributed by atoms with Gasteiger partial charge in [0.25, 0.3) is 0 Å². The summed E-state index contributed by atoms with van der Waals surface area (Å²) in [5.41, 5.74) is 1.27. The highest BCUT2D eigenvalue weighted by atomic mass is 35.5. The summed E-state index contributed by atoms with van der Waals surface area (Å²) in [5.74, 6) is 2.79. The summed E-state index contributed by atoms with van der Waals surface area (Å²) in [6.07, 6.45) is 7.81. The average Bonchev–Trinajstić information content (AvgIpc) is 2.67. The Kier molecular flexibility index (Phi) is 5.14. The molecule has 5 heteroatoms. The number of hydrogen-bond donors (Lipinski definition) is 0. The van der Waals surface area contributed by atoms with E-state index in [4.69, 9.17) is 16.3 Å². The quantitative estimate of drug-likeness (QED) is 0.747. The summed E-state index contributed by atoms with van der Waals surface area (Å²) in [4.78, 5) is 18.2. The third kappa shape index (κ3) is 3.71. The Morgan fingerprint density at radius 3 is 2.18 bits per heavy atom. The van der Waals surface area contributed by atoms with Crippen molar-refractivity contribution < 1.29 is 9.53 Å². The molecule has 1 amide bonds. The molecule has 0 N–H and O–H groups in total. The van der Waals surface area contributed by atoms with Crippen LogP contribution >= 0.6 is 11.6 Å². The van der Waals surface area contributed by atoms with E-state index in [0.29, 0.717) is 19.0 Å². The van der Waals surface area contributed by atoms with Gasteiger partial charge in [-0.05, 0) is 74.0 Å². The minimum absolute atomic E-state index is 0.0811. The van der Waals surface area contributed by atoms with Crippen LogP contribution in [0.4, 0.5) is 0 Å². The molecule has 0 unspecified atom stereocenters. The predicted octanol–water partition coefficient (Wildman–Crippen LogP) is 3.97. The monoisotopic (exact) mass is 402 g/mol. The SMILES string of the molecule is O=C(CN1CCOCC1)N(Cc1ccc(Cl)cc1)C12CC3CC(CC(C3)C1)C2. The van der Waals surface area contributed by atoms with Crippen molar-refractivity contribution in [3.63, 3.8) is 0 Å². The highest BCUT2D eigenvalue weighted by molar-refractivity contribution is 6.30. The Bertz CT molecular complexity index is 679. The predicted molar refractivity (Wildman–Crippen MR) is 110 cm³/mol. The van der Waals surface area contributed by atoms with E-state index in [1.165, 1.54) is 44.1 Å². The van der Waals surface area contributed by atoms with E-state index >= 15 is 0 Å². The third-order valence-corrected chi connectivity index (χ3v) is 7.85. The van der Waals surface area contributed by atoms with Gasteiger partial charge in [-0.2, -0.15) is 0 Å². The van der Waals surface area contributed by atoms with E-state index in [-0.39, 0.29) is 5.54 Å². The lowest BCUT2D eigenvalue weighted by molar-refractivity contribution is -0.154. The molecule has 5 aliphatic rings. The summed E-state index contributed by atoms with van der Waals surface area (Å²) in [5, 5.41) is 0.754. The Labute approximate surface area is 173 Å². The van der Waals surface area contributed by atoms with Gasteiger partial charge in [-0.25, -0.2) is 0 Å². The number of rotatable bonds is 5. The van der Waals surface area contributed by atoms with Gasteiger partial charge in [0.2, 0.25) is 5.91 Å². The zero-order valence-electron chi connectivity index (χ0n) is 16.6. The number of benzene rings is 1. The molecule has 0 aromatic heterocycles. The first kappa shape index (κ1) is 18.9.